The van der Waals surface area contributed by atoms with Gasteiger partial charge in [-0.2, -0.15) is 18.3 Å². The van der Waals surface area contributed by atoms with Crippen molar-refractivity contribution in [1.82, 2.24) is 14.8 Å². The lowest BCUT2D eigenvalue weighted by Crippen LogP contribution is -2.10. The number of esters is 1. The van der Waals surface area contributed by atoms with E-state index in [0.717, 1.165) is 10.7 Å². The highest BCUT2D eigenvalue weighted by Crippen LogP contribution is 2.34. The molecule has 0 aliphatic heterocycles. The number of halogens is 5. The van der Waals surface area contributed by atoms with Crippen LogP contribution in [0.3, 0.4) is 0 Å². The number of alkyl halides is 3. The Bertz CT molecular complexity index is 1030. The van der Waals surface area contributed by atoms with Crippen LogP contribution in [0.4, 0.5) is 17.6 Å². The van der Waals surface area contributed by atoms with E-state index in [0.29, 0.717) is 17.7 Å². The van der Waals surface area contributed by atoms with Crippen LogP contribution in [0.5, 0.6) is 0 Å². The van der Waals surface area contributed by atoms with Crippen LogP contribution >= 0.6 is 11.6 Å². The van der Waals surface area contributed by atoms with Gasteiger partial charge in [-0.05, 0) is 37.3 Å². The maximum absolute atomic E-state index is 14.0. The number of rotatable bonds is 4. The van der Waals surface area contributed by atoms with Gasteiger partial charge in [0.1, 0.15) is 11.0 Å². The van der Waals surface area contributed by atoms with Crippen LogP contribution < -0.4 is 0 Å². The number of ether oxygens (including phenoxy) is 1. The normalized spacial score (nSPS) is 11.5. The Morgan fingerprint density at radius 3 is 2.61 bits per heavy atom. The maximum atomic E-state index is 14.0. The molecule has 0 aliphatic carbocycles. The number of carbonyl (C=O) groups is 1. The van der Waals surface area contributed by atoms with Crippen molar-refractivity contribution < 1.29 is 27.1 Å². The van der Waals surface area contributed by atoms with Crippen molar-refractivity contribution in [3.8, 4) is 16.9 Å². The average Bonchev–Trinajstić information content (AvgIpc) is 3.06. The third-order valence-electron chi connectivity index (χ3n) is 3.73. The summed E-state index contributed by atoms with van der Waals surface area (Å²) in [6.45, 7) is 1.71. The molecule has 0 atom stereocenters. The van der Waals surface area contributed by atoms with Crippen molar-refractivity contribution in [2.24, 2.45) is 0 Å². The summed E-state index contributed by atoms with van der Waals surface area (Å²) in [4.78, 5) is 16.0. The van der Waals surface area contributed by atoms with Crippen LogP contribution in [-0.4, -0.2) is 27.3 Å². The minimum absolute atomic E-state index is 0.0315. The van der Waals surface area contributed by atoms with Crippen molar-refractivity contribution in [2.75, 3.05) is 6.61 Å². The predicted octanol–water partition coefficient (Wildman–Crippen LogP) is 4.92. The molecule has 146 valence electrons. The van der Waals surface area contributed by atoms with Gasteiger partial charge in [-0.1, -0.05) is 11.6 Å². The Morgan fingerprint density at radius 2 is 2.00 bits per heavy atom. The van der Waals surface area contributed by atoms with Crippen molar-refractivity contribution in [1.29, 1.82) is 0 Å². The summed E-state index contributed by atoms with van der Waals surface area (Å²) in [5.41, 5.74) is -0.962. The Morgan fingerprint density at radius 1 is 1.25 bits per heavy atom. The predicted molar refractivity (Wildman–Crippen MR) is 92.7 cm³/mol. The number of carbonyl (C=O) groups excluding carboxylic acids is 1. The first kappa shape index (κ1) is 19.8. The first-order chi connectivity index (χ1) is 13.2. The molecule has 2 heterocycles. The summed E-state index contributed by atoms with van der Waals surface area (Å²) in [7, 11) is 0. The molecule has 0 unspecified atom stereocenters. The SMILES string of the molecule is CCOC(=O)c1cc(-c2cccnc2Cl)n(-c2ccc(C(F)(F)F)c(F)c2)n1. The number of pyridine rings is 1. The van der Waals surface area contributed by atoms with E-state index in [1.165, 1.54) is 12.3 Å². The summed E-state index contributed by atoms with van der Waals surface area (Å²) in [6.07, 6.45) is -3.39. The van der Waals surface area contributed by atoms with Gasteiger partial charge in [0.2, 0.25) is 0 Å². The molecule has 0 N–H and O–H groups in total. The van der Waals surface area contributed by atoms with Crippen LogP contribution in [-0.2, 0) is 10.9 Å². The first-order valence-corrected chi connectivity index (χ1v) is 8.35. The second-order valence-corrected chi connectivity index (χ2v) is 5.91. The largest absolute Gasteiger partial charge is 0.461 e. The van der Waals surface area contributed by atoms with E-state index < -0.39 is 23.5 Å². The van der Waals surface area contributed by atoms with Crippen LogP contribution in [0.15, 0.2) is 42.6 Å². The standard InChI is InChI=1S/C18H12ClF4N3O2/c1-2-28-17(27)14-9-15(11-4-3-7-24-16(11)19)26(25-14)10-5-6-12(13(20)8-10)18(21,22)23/h3-9H,2H2,1H3. The third-order valence-corrected chi connectivity index (χ3v) is 4.03. The molecule has 0 bridgehead atoms. The van der Waals surface area contributed by atoms with E-state index in [2.05, 4.69) is 10.1 Å². The highest BCUT2D eigenvalue weighted by molar-refractivity contribution is 6.32. The summed E-state index contributed by atoms with van der Waals surface area (Å²) >= 11 is 6.09. The van der Waals surface area contributed by atoms with Gasteiger partial charge in [0.25, 0.3) is 0 Å². The monoisotopic (exact) mass is 413 g/mol. The number of hydrogen-bond acceptors (Lipinski definition) is 4. The van der Waals surface area contributed by atoms with Gasteiger partial charge in [0, 0.05) is 17.8 Å². The summed E-state index contributed by atoms with van der Waals surface area (Å²) in [5.74, 6) is -2.21. The molecule has 0 saturated heterocycles. The molecule has 10 heteroatoms. The number of nitrogens with zero attached hydrogens (tertiary/aromatic N) is 3. The molecule has 0 radical (unpaired) electrons. The molecule has 0 amide bonds. The Kier molecular flexibility index (Phi) is 5.37. The Labute approximate surface area is 161 Å². The maximum Gasteiger partial charge on any atom is 0.419 e. The van der Waals surface area contributed by atoms with Gasteiger partial charge < -0.3 is 4.74 Å². The second kappa shape index (κ2) is 7.59. The molecule has 0 fully saturated rings. The van der Waals surface area contributed by atoms with Crippen LogP contribution in [0.1, 0.15) is 23.0 Å². The molecule has 28 heavy (non-hydrogen) atoms. The lowest BCUT2D eigenvalue weighted by molar-refractivity contribution is -0.140. The van der Waals surface area contributed by atoms with Crippen molar-refractivity contribution in [2.45, 2.75) is 13.1 Å². The van der Waals surface area contributed by atoms with Crippen LogP contribution in [0.2, 0.25) is 5.15 Å². The van der Waals surface area contributed by atoms with E-state index in [1.54, 1.807) is 19.1 Å². The molecule has 0 spiro atoms. The quantitative estimate of drug-likeness (QED) is 0.346. The molecule has 0 aliphatic rings. The lowest BCUT2D eigenvalue weighted by Gasteiger charge is -2.12. The van der Waals surface area contributed by atoms with E-state index in [4.69, 9.17) is 16.3 Å². The van der Waals surface area contributed by atoms with Gasteiger partial charge in [-0.25, -0.2) is 18.9 Å². The lowest BCUT2D eigenvalue weighted by atomic mass is 10.1. The van der Waals surface area contributed by atoms with Crippen molar-refractivity contribution in [3.63, 3.8) is 0 Å². The zero-order valence-electron chi connectivity index (χ0n) is 14.3. The van der Waals surface area contributed by atoms with Gasteiger partial charge in [-0.15, -0.1) is 0 Å². The molecular weight excluding hydrogens is 402 g/mol. The first-order valence-electron chi connectivity index (χ1n) is 7.97. The average molecular weight is 414 g/mol. The molecule has 3 rings (SSSR count). The summed E-state index contributed by atoms with van der Waals surface area (Å²) in [6, 6.07) is 6.83. The highest BCUT2D eigenvalue weighted by atomic mass is 35.5. The molecule has 0 saturated carbocycles. The fourth-order valence-corrected chi connectivity index (χ4v) is 2.73. The number of hydrogen-bond donors (Lipinski definition) is 0. The van der Waals surface area contributed by atoms with Crippen LogP contribution in [0.25, 0.3) is 16.9 Å². The van der Waals surface area contributed by atoms with Gasteiger partial charge in [-0.3, -0.25) is 0 Å². The fraction of sp³-hybridized carbons (Fsp3) is 0.167. The highest BCUT2D eigenvalue weighted by Gasteiger charge is 2.34. The van der Waals surface area contributed by atoms with E-state index >= 15 is 0 Å². The van der Waals surface area contributed by atoms with Crippen molar-refractivity contribution >= 4 is 17.6 Å². The minimum Gasteiger partial charge on any atom is -0.461 e. The third kappa shape index (κ3) is 3.84. The topological polar surface area (TPSA) is 57.0 Å². The molecular formula is C18H12ClF4N3O2. The Hall–Kier alpha value is -2.94. The number of benzene rings is 1. The van der Waals surface area contributed by atoms with Gasteiger partial charge in [0.05, 0.1) is 23.6 Å². The molecule has 1 aromatic carbocycles. The zero-order chi connectivity index (χ0) is 20.5. The second-order valence-electron chi connectivity index (χ2n) is 5.55. The number of aromatic nitrogens is 3. The molecule has 5 nitrogen and oxygen atoms in total. The smallest absolute Gasteiger partial charge is 0.419 e. The summed E-state index contributed by atoms with van der Waals surface area (Å²) < 4.78 is 58.5. The molecule has 3 aromatic rings. The van der Waals surface area contributed by atoms with Gasteiger partial charge in [0.15, 0.2) is 5.69 Å². The van der Waals surface area contributed by atoms with E-state index in [-0.39, 0.29) is 28.8 Å². The van der Waals surface area contributed by atoms with Crippen LogP contribution in [0, 0.1) is 5.82 Å². The summed E-state index contributed by atoms with van der Waals surface area (Å²) in [5, 5.41) is 4.13. The minimum atomic E-state index is -4.84. The zero-order valence-corrected chi connectivity index (χ0v) is 15.1. The van der Waals surface area contributed by atoms with Crippen molar-refractivity contribution in [3.05, 3.63) is 64.8 Å². The molecule has 2 aromatic heterocycles. The Balaban J connectivity index is 2.18. The fourth-order valence-electron chi connectivity index (χ4n) is 2.52. The van der Waals surface area contributed by atoms with E-state index in [9.17, 15) is 22.4 Å². The van der Waals surface area contributed by atoms with E-state index in [1.807, 2.05) is 0 Å². The van der Waals surface area contributed by atoms with Gasteiger partial charge >= 0.3 is 12.1 Å².